The van der Waals surface area contributed by atoms with Crippen molar-refractivity contribution in [2.24, 2.45) is 0 Å². The van der Waals surface area contributed by atoms with E-state index < -0.39 is 6.10 Å². The van der Waals surface area contributed by atoms with Gasteiger partial charge in [-0.2, -0.15) is 5.10 Å². The Morgan fingerprint density at radius 3 is 2.87 bits per heavy atom. The average Bonchev–Trinajstić information content (AvgIpc) is 2.21. The first-order valence-electron chi connectivity index (χ1n) is 4.93. The third kappa shape index (κ3) is 4.71. The van der Waals surface area contributed by atoms with Crippen LogP contribution in [0.25, 0.3) is 0 Å². The van der Waals surface area contributed by atoms with Gasteiger partial charge in [-0.3, -0.25) is 0 Å². The van der Waals surface area contributed by atoms with E-state index in [9.17, 15) is 5.11 Å². The number of ether oxygens (including phenoxy) is 1. The second-order valence-corrected chi connectivity index (χ2v) is 3.38. The molecule has 0 aromatic carbocycles. The maximum atomic E-state index is 9.37. The Morgan fingerprint density at radius 1 is 1.47 bits per heavy atom. The second kappa shape index (κ2) is 6.31. The van der Waals surface area contributed by atoms with Crippen LogP contribution >= 0.6 is 0 Å². The van der Waals surface area contributed by atoms with E-state index in [4.69, 9.17) is 4.74 Å². The molecule has 1 rings (SSSR count). The zero-order chi connectivity index (χ0) is 11.1. The predicted molar refractivity (Wildman–Crippen MR) is 57.8 cm³/mol. The topological polar surface area (TPSA) is 67.3 Å². The molecule has 0 aliphatic rings. The molecule has 15 heavy (non-hydrogen) atoms. The average molecular weight is 211 g/mol. The Kier molecular flexibility index (Phi) is 5.00. The summed E-state index contributed by atoms with van der Waals surface area (Å²) in [6.07, 6.45) is 0.199. The lowest BCUT2D eigenvalue weighted by atomic mass is 10.2. The molecule has 84 valence electrons. The van der Waals surface area contributed by atoms with E-state index in [0.717, 1.165) is 11.5 Å². The first-order valence-corrected chi connectivity index (χ1v) is 4.93. The monoisotopic (exact) mass is 211 g/mol. The minimum Gasteiger partial charge on any atom is -0.391 e. The summed E-state index contributed by atoms with van der Waals surface area (Å²) in [4.78, 5) is 0. The van der Waals surface area contributed by atoms with E-state index in [0.29, 0.717) is 19.6 Å². The Bertz CT molecular complexity index is 277. The second-order valence-electron chi connectivity index (χ2n) is 3.38. The molecule has 1 heterocycles. The van der Waals surface area contributed by atoms with Crippen LogP contribution in [0, 0.1) is 6.92 Å². The number of rotatable bonds is 6. The molecular weight excluding hydrogens is 194 g/mol. The Balaban J connectivity index is 2.22. The molecule has 0 spiro atoms. The fourth-order valence-corrected chi connectivity index (χ4v) is 1.14. The van der Waals surface area contributed by atoms with Gasteiger partial charge >= 0.3 is 0 Å². The van der Waals surface area contributed by atoms with Crippen LogP contribution in [-0.2, 0) is 4.74 Å². The number of aliphatic hydroxyl groups is 1. The minimum absolute atomic E-state index is 0.362. The lowest BCUT2D eigenvalue weighted by molar-refractivity contribution is 0.0615. The van der Waals surface area contributed by atoms with Crippen LogP contribution in [0.1, 0.15) is 12.1 Å². The number of nitrogens with zero attached hydrogens (tertiary/aromatic N) is 2. The zero-order valence-corrected chi connectivity index (χ0v) is 9.10. The molecule has 5 heteroatoms. The van der Waals surface area contributed by atoms with Gasteiger partial charge in [0.15, 0.2) is 0 Å². The standard InChI is InChI=1S/C10H17N3O2/c1-8-3-4-10(13-12-8)11-6-5-9(14)7-15-2/h3-4,9,14H,5-7H2,1-2H3,(H,11,13). The number of aromatic nitrogens is 2. The fourth-order valence-electron chi connectivity index (χ4n) is 1.14. The molecule has 2 N–H and O–H groups in total. The van der Waals surface area contributed by atoms with Gasteiger partial charge < -0.3 is 15.2 Å². The van der Waals surface area contributed by atoms with Gasteiger partial charge in [-0.05, 0) is 25.5 Å². The summed E-state index contributed by atoms with van der Waals surface area (Å²) in [5, 5.41) is 20.3. The number of hydrogen-bond acceptors (Lipinski definition) is 5. The van der Waals surface area contributed by atoms with Gasteiger partial charge in [-0.25, -0.2) is 0 Å². The Labute approximate surface area is 89.5 Å². The van der Waals surface area contributed by atoms with Crippen LogP contribution in [0.15, 0.2) is 12.1 Å². The van der Waals surface area contributed by atoms with Crippen molar-refractivity contribution in [3.8, 4) is 0 Å². The van der Waals surface area contributed by atoms with Crippen LogP contribution in [0.5, 0.6) is 0 Å². The molecule has 5 nitrogen and oxygen atoms in total. The van der Waals surface area contributed by atoms with E-state index in [1.165, 1.54) is 0 Å². The predicted octanol–water partition coefficient (Wildman–Crippen LogP) is 0.594. The molecule has 0 fully saturated rings. The van der Waals surface area contributed by atoms with Crippen LogP contribution in [-0.4, -0.2) is 41.7 Å². The highest BCUT2D eigenvalue weighted by Crippen LogP contribution is 2.01. The third-order valence-corrected chi connectivity index (χ3v) is 1.94. The van der Waals surface area contributed by atoms with Crippen LogP contribution in [0.2, 0.25) is 0 Å². The molecule has 1 atom stereocenters. The minimum atomic E-state index is -0.430. The number of nitrogens with one attached hydrogen (secondary N) is 1. The first kappa shape index (κ1) is 11.9. The van der Waals surface area contributed by atoms with E-state index in [1.807, 2.05) is 19.1 Å². The van der Waals surface area contributed by atoms with Crippen LogP contribution in [0.3, 0.4) is 0 Å². The molecule has 1 aromatic rings. The summed E-state index contributed by atoms with van der Waals surface area (Å²) >= 11 is 0. The number of anilines is 1. The molecular formula is C10H17N3O2. The molecule has 1 unspecified atom stereocenters. The largest absolute Gasteiger partial charge is 0.391 e. The summed E-state index contributed by atoms with van der Waals surface area (Å²) in [6, 6.07) is 3.76. The van der Waals surface area contributed by atoms with E-state index >= 15 is 0 Å². The van der Waals surface area contributed by atoms with Gasteiger partial charge in [0.25, 0.3) is 0 Å². The molecule has 1 aromatic heterocycles. The van der Waals surface area contributed by atoms with Gasteiger partial charge in [-0.15, -0.1) is 5.10 Å². The van der Waals surface area contributed by atoms with E-state index in [2.05, 4.69) is 15.5 Å². The first-order chi connectivity index (χ1) is 7.22. The summed E-state index contributed by atoms with van der Waals surface area (Å²) in [5.74, 6) is 0.727. The Hall–Kier alpha value is -1.20. The highest BCUT2D eigenvalue weighted by molar-refractivity contribution is 5.32. The highest BCUT2D eigenvalue weighted by Gasteiger charge is 2.02. The molecule has 0 amide bonds. The number of hydrogen-bond donors (Lipinski definition) is 2. The molecule has 0 aliphatic carbocycles. The van der Waals surface area contributed by atoms with Crippen LogP contribution in [0.4, 0.5) is 5.82 Å². The van der Waals surface area contributed by atoms with Crippen molar-refractivity contribution in [1.82, 2.24) is 10.2 Å². The molecule has 0 bridgehead atoms. The smallest absolute Gasteiger partial charge is 0.148 e. The van der Waals surface area contributed by atoms with Gasteiger partial charge in [0, 0.05) is 13.7 Å². The third-order valence-electron chi connectivity index (χ3n) is 1.94. The van der Waals surface area contributed by atoms with Crippen molar-refractivity contribution < 1.29 is 9.84 Å². The maximum absolute atomic E-state index is 9.37. The summed E-state index contributed by atoms with van der Waals surface area (Å²) < 4.78 is 4.82. The van der Waals surface area contributed by atoms with Crippen molar-refractivity contribution in [2.45, 2.75) is 19.4 Å². The quantitative estimate of drug-likeness (QED) is 0.721. The van der Waals surface area contributed by atoms with Crippen molar-refractivity contribution >= 4 is 5.82 Å². The SMILES string of the molecule is COCC(O)CCNc1ccc(C)nn1. The van der Waals surface area contributed by atoms with Gasteiger partial charge in [-0.1, -0.05) is 0 Å². The van der Waals surface area contributed by atoms with Crippen LogP contribution < -0.4 is 5.32 Å². The Morgan fingerprint density at radius 2 is 2.27 bits per heavy atom. The molecule has 0 aliphatic heterocycles. The zero-order valence-electron chi connectivity index (χ0n) is 9.10. The summed E-state index contributed by atoms with van der Waals surface area (Å²) in [5.41, 5.74) is 0.889. The van der Waals surface area contributed by atoms with Crippen molar-refractivity contribution in [2.75, 3.05) is 25.6 Å². The molecule has 0 radical (unpaired) electrons. The van der Waals surface area contributed by atoms with Gasteiger partial charge in [0.2, 0.25) is 0 Å². The van der Waals surface area contributed by atoms with E-state index in [-0.39, 0.29) is 0 Å². The highest BCUT2D eigenvalue weighted by atomic mass is 16.5. The maximum Gasteiger partial charge on any atom is 0.148 e. The number of methoxy groups -OCH3 is 1. The van der Waals surface area contributed by atoms with Gasteiger partial charge in [0.05, 0.1) is 18.4 Å². The van der Waals surface area contributed by atoms with Crippen molar-refractivity contribution in [3.05, 3.63) is 17.8 Å². The lowest BCUT2D eigenvalue weighted by Crippen LogP contribution is -2.18. The molecule has 0 saturated carbocycles. The molecule has 0 saturated heterocycles. The van der Waals surface area contributed by atoms with Crippen molar-refractivity contribution in [1.29, 1.82) is 0 Å². The van der Waals surface area contributed by atoms with Crippen molar-refractivity contribution in [3.63, 3.8) is 0 Å². The van der Waals surface area contributed by atoms with E-state index in [1.54, 1.807) is 7.11 Å². The summed E-state index contributed by atoms with van der Waals surface area (Å²) in [7, 11) is 1.57. The number of aryl methyl sites for hydroxylation is 1. The van der Waals surface area contributed by atoms with Gasteiger partial charge in [0.1, 0.15) is 5.82 Å². The normalized spacial score (nSPS) is 12.5. The summed E-state index contributed by atoms with van der Waals surface area (Å²) in [6.45, 7) is 2.91. The number of aliphatic hydroxyl groups excluding tert-OH is 1. The fraction of sp³-hybridized carbons (Fsp3) is 0.600. The lowest BCUT2D eigenvalue weighted by Gasteiger charge is -2.09.